The van der Waals surface area contributed by atoms with Crippen molar-refractivity contribution in [3.63, 3.8) is 0 Å². The van der Waals surface area contributed by atoms with Gasteiger partial charge in [0.15, 0.2) is 6.04 Å². The lowest BCUT2D eigenvalue weighted by atomic mass is 9.99. The number of imide groups is 1. The molecule has 6 heteroatoms. The summed E-state index contributed by atoms with van der Waals surface area (Å²) < 4.78 is 0. The summed E-state index contributed by atoms with van der Waals surface area (Å²) in [6.45, 7) is 3.00. The molecule has 3 aromatic rings. The van der Waals surface area contributed by atoms with Gasteiger partial charge in [-0.2, -0.15) is 0 Å². The normalized spacial score (nSPS) is 18.7. The van der Waals surface area contributed by atoms with E-state index in [-0.39, 0.29) is 12.5 Å². The van der Waals surface area contributed by atoms with E-state index in [1.165, 1.54) is 15.4 Å². The molecule has 0 aliphatic carbocycles. The van der Waals surface area contributed by atoms with Crippen LogP contribution in [0, 0.1) is 0 Å². The number of rotatable bonds is 5. The van der Waals surface area contributed by atoms with Crippen molar-refractivity contribution in [1.29, 1.82) is 0 Å². The van der Waals surface area contributed by atoms with E-state index in [1.54, 1.807) is 4.90 Å². The van der Waals surface area contributed by atoms with Gasteiger partial charge in [-0.1, -0.05) is 84.9 Å². The van der Waals surface area contributed by atoms with Crippen LogP contribution >= 0.6 is 0 Å². The predicted octanol–water partition coefficient (Wildman–Crippen LogP) is 4.17. The molecule has 1 fully saturated rings. The zero-order valence-corrected chi connectivity index (χ0v) is 19.1. The number of benzene rings is 3. The first kappa shape index (κ1) is 21.9. The van der Waals surface area contributed by atoms with Gasteiger partial charge in [0, 0.05) is 19.6 Å². The van der Waals surface area contributed by atoms with Crippen LogP contribution in [0.1, 0.15) is 35.2 Å². The minimum atomic E-state index is -1.16. The van der Waals surface area contributed by atoms with E-state index in [4.69, 9.17) is 0 Å². The summed E-state index contributed by atoms with van der Waals surface area (Å²) in [5, 5.41) is 0. The number of nitrogens with zero attached hydrogens (tertiary/aromatic N) is 3. The van der Waals surface area contributed by atoms with E-state index < -0.39 is 24.0 Å². The Morgan fingerprint density at radius 3 is 2.21 bits per heavy atom. The first-order valence-corrected chi connectivity index (χ1v) is 11.6. The van der Waals surface area contributed by atoms with Crippen molar-refractivity contribution >= 4 is 17.8 Å². The Morgan fingerprint density at radius 1 is 0.882 bits per heavy atom. The van der Waals surface area contributed by atoms with E-state index in [9.17, 15) is 14.4 Å². The fourth-order valence-electron chi connectivity index (χ4n) is 4.88. The number of fused-ring (bicyclic) bond motifs is 1. The smallest absolute Gasteiger partial charge is 0.328 e. The topological polar surface area (TPSA) is 60.9 Å². The maximum atomic E-state index is 13.8. The lowest BCUT2D eigenvalue weighted by molar-refractivity contribution is -0.143. The number of urea groups is 1. The highest BCUT2D eigenvalue weighted by atomic mass is 16.2. The summed E-state index contributed by atoms with van der Waals surface area (Å²) in [6.07, 6.45) is 0.736. The zero-order valence-electron chi connectivity index (χ0n) is 19.1. The Bertz CT molecular complexity index is 1210. The summed E-state index contributed by atoms with van der Waals surface area (Å²) in [5.41, 5.74) is 4.03. The fraction of sp³-hybridized carbons (Fsp3) is 0.250. The summed E-state index contributed by atoms with van der Waals surface area (Å²) in [5.74, 6) is -0.771. The first-order chi connectivity index (χ1) is 16.5. The molecule has 0 bridgehead atoms. The molecule has 0 aromatic heterocycles. The lowest BCUT2D eigenvalue weighted by Crippen LogP contribution is -2.50. The molecule has 172 valence electrons. The molecule has 0 radical (unpaired) electrons. The number of amides is 4. The van der Waals surface area contributed by atoms with Gasteiger partial charge in [0.2, 0.25) is 0 Å². The number of hydrogen-bond acceptors (Lipinski definition) is 3. The molecular weight excluding hydrogens is 426 g/mol. The standard InChI is InChI=1S/C28H27N3O3/c1-20(22-12-6-3-7-13-22)31-27(33)25(30(28(31)34)18-21-10-4-2-5-11-21)26(32)29-17-16-23-14-8-9-15-24(23)19-29/h2-15,20,25H,16-19H2,1H3/t20-,25+/m1/s1. The van der Waals surface area contributed by atoms with Crippen LogP contribution in [0.3, 0.4) is 0 Å². The van der Waals surface area contributed by atoms with Gasteiger partial charge in [-0.15, -0.1) is 0 Å². The summed E-state index contributed by atoms with van der Waals surface area (Å²) in [4.78, 5) is 45.4. The minimum Gasteiger partial charge on any atom is -0.336 e. The van der Waals surface area contributed by atoms with Crippen molar-refractivity contribution < 1.29 is 14.4 Å². The van der Waals surface area contributed by atoms with Crippen molar-refractivity contribution in [2.75, 3.05) is 6.54 Å². The Kier molecular flexibility index (Phi) is 5.88. The molecule has 3 aromatic carbocycles. The summed E-state index contributed by atoms with van der Waals surface area (Å²) in [6, 6.07) is 24.9. The van der Waals surface area contributed by atoms with E-state index in [0.717, 1.165) is 23.1 Å². The highest BCUT2D eigenvalue weighted by molar-refractivity contribution is 6.16. The number of carbonyl (C=O) groups excluding carboxylic acids is 3. The van der Waals surface area contributed by atoms with Crippen LogP contribution in [0.5, 0.6) is 0 Å². The molecule has 0 saturated carbocycles. The van der Waals surface area contributed by atoms with Crippen molar-refractivity contribution in [3.05, 3.63) is 107 Å². The average molecular weight is 454 g/mol. The third-order valence-corrected chi connectivity index (χ3v) is 6.78. The molecule has 0 N–H and O–H groups in total. The summed E-state index contributed by atoms with van der Waals surface area (Å²) >= 11 is 0. The van der Waals surface area contributed by atoms with Crippen LogP contribution in [0.25, 0.3) is 0 Å². The SMILES string of the molecule is C[C@H](c1ccccc1)N1C(=O)[C@H](C(=O)N2CCc3ccccc3C2)N(Cc2ccccc2)C1=O. The second-order valence-corrected chi connectivity index (χ2v) is 8.87. The molecule has 2 aliphatic heterocycles. The van der Waals surface area contributed by atoms with E-state index in [0.29, 0.717) is 13.1 Å². The van der Waals surface area contributed by atoms with Crippen molar-refractivity contribution in [1.82, 2.24) is 14.7 Å². The van der Waals surface area contributed by atoms with Crippen molar-refractivity contribution in [2.45, 2.75) is 38.5 Å². The molecule has 1 saturated heterocycles. The van der Waals surface area contributed by atoms with E-state index >= 15 is 0 Å². The van der Waals surface area contributed by atoms with Crippen molar-refractivity contribution in [2.24, 2.45) is 0 Å². The van der Waals surface area contributed by atoms with Crippen LogP contribution in [-0.4, -0.2) is 45.1 Å². The molecule has 34 heavy (non-hydrogen) atoms. The molecular formula is C28H27N3O3. The molecule has 4 amide bonds. The zero-order chi connectivity index (χ0) is 23.7. The minimum absolute atomic E-state index is 0.199. The third-order valence-electron chi connectivity index (χ3n) is 6.78. The Balaban J connectivity index is 1.47. The molecule has 6 nitrogen and oxygen atoms in total. The molecule has 0 unspecified atom stereocenters. The highest BCUT2D eigenvalue weighted by Crippen LogP contribution is 2.31. The van der Waals surface area contributed by atoms with Gasteiger partial charge in [0.25, 0.3) is 11.8 Å². The molecule has 2 atom stereocenters. The number of hydrogen-bond donors (Lipinski definition) is 0. The second-order valence-electron chi connectivity index (χ2n) is 8.87. The molecule has 5 rings (SSSR count). The Hall–Kier alpha value is -3.93. The van der Waals surface area contributed by atoms with E-state index in [1.807, 2.05) is 85.8 Å². The predicted molar refractivity (Wildman–Crippen MR) is 128 cm³/mol. The largest absolute Gasteiger partial charge is 0.336 e. The van der Waals surface area contributed by atoms with Gasteiger partial charge in [0.05, 0.1) is 6.04 Å². The van der Waals surface area contributed by atoms with Gasteiger partial charge in [-0.25, -0.2) is 4.79 Å². The van der Waals surface area contributed by atoms with Crippen LogP contribution in [-0.2, 0) is 29.1 Å². The van der Waals surface area contributed by atoms with Crippen molar-refractivity contribution in [3.8, 4) is 0 Å². The first-order valence-electron chi connectivity index (χ1n) is 11.6. The van der Waals surface area contributed by atoms with Crippen LogP contribution < -0.4 is 0 Å². The molecule has 2 aliphatic rings. The van der Waals surface area contributed by atoms with Crippen LogP contribution in [0.4, 0.5) is 4.79 Å². The average Bonchev–Trinajstić information content (AvgIpc) is 3.12. The summed E-state index contributed by atoms with van der Waals surface area (Å²) in [7, 11) is 0. The fourth-order valence-corrected chi connectivity index (χ4v) is 4.88. The Labute approximate surface area is 199 Å². The second kappa shape index (κ2) is 9.14. The van der Waals surface area contributed by atoms with Gasteiger partial charge < -0.3 is 4.90 Å². The van der Waals surface area contributed by atoms with Crippen LogP contribution in [0.2, 0.25) is 0 Å². The number of carbonyl (C=O) groups is 3. The third kappa shape index (κ3) is 3.96. The van der Waals surface area contributed by atoms with E-state index in [2.05, 4.69) is 6.07 Å². The maximum absolute atomic E-state index is 13.8. The Morgan fingerprint density at radius 2 is 1.50 bits per heavy atom. The van der Waals surface area contributed by atoms with Gasteiger partial charge in [-0.05, 0) is 35.6 Å². The van der Waals surface area contributed by atoms with Gasteiger partial charge in [-0.3, -0.25) is 19.4 Å². The molecule has 0 spiro atoms. The van der Waals surface area contributed by atoms with Crippen LogP contribution in [0.15, 0.2) is 84.9 Å². The van der Waals surface area contributed by atoms with Gasteiger partial charge >= 0.3 is 6.03 Å². The lowest BCUT2D eigenvalue weighted by Gasteiger charge is -2.32. The maximum Gasteiger partial charge on any atom is 0.328 e. The quantitative estimate of drug-likeness (QED) is 0.430. The molecule has 2 heterocycles. The monoisotopic (exact) mass is 453 g/mol. The van der Waals surface area contributed by atoms with Gasteiger partial charge in [0.1, 0.15) is 0 Å². The highest BCUT2D eigenvalue weighted by Gasteiger charge is 2.52.